The van der Waals surface area contributed by atoms with Gasteiger partial charge in [0.15, 0.2) is 0 Å². The molecule has 0 aliphatic heterocycles. The van der Waals surface area contributed by atoms with Gasteiger partial charge in [0.1, 0.15) is 12.4 Å². The zero-order valence-electron chi connectivity index (χ0n) is 11.7. The maximum Gasteiger partial charge on any atom is 0.307 e. The van der Waals surface area contributed by atoms with E-state index in [0.29, 0.717) is 19.6 Å². The Hall–Kier alpha value is -2.04. The van der Waals surface area contributed by atoms with E-state index in [0.717, 1.165) is 16.9 Å². The second kappa shape index (κ2) is 5.94. The van der Waals surface area contributed by atoms with Crippen molar-refractivity contribution in [1.82, 2.24) is 5.32 Å². The number of aliphatic carboxylic acids is 1. The SMILES string of the molecule is Cc1cc(C)cc(OCCNC(=O)C2CC2C(=O)O)c1. The van der Waals surface area contributed by atoms with Gasteiger partial charge in [0, 0.05) is 0 Å². The van der Waals surface area contributed by atoms with Gasteiger partial charge in [-0.3, -0.25) is 9.59 Å². The van der Waals surface area contributed by atoms with Gasteiger partial charge >= 0.3 is 5.97 Å². The molecule has 1 saturated carbocycles. The Kier molecular flexibility index (Phi) is 4.27. The van der Waals surface area contributed by atoms with Gasteiger partial charge in [0.05, 0.1) is 18.4 Å². The van der Waals surface area contributed by atoms with Gasteiger partial charge in [0.2, 0.25) is 5.91 Å². The Balaban J connectivity index is 1.69. The summed E-state index contributed by atoms with van der Waals surface area (Å²) >= 11 is 0. The number of hydrogen-bond donors (Lipinski definition) is 2. The van der Waals surface area contributed by atoms with Gasteiger partial charge in [-0.1, -0.05) is 6.07 Å². The first-order valence-electron chi connectivity index (χ1n) is 6.69. The second-order valence-electron chi connectivity index (χ2n) is 5.25. The summed E-state index contributed by atoms with van der Waals surface area (Å²) in [4.78, 5) is 22.3. The fourth-order valence-corrected chi connectivity index (χ4v) is 2.25. The molecule has 2 rings (SSSR count). The van der Waals surface area contributed by atoms with E-state index in [9.17, 15) is 9.59 Å². The third kappa shape index (κ3) is 3.73. The van der Waals surface area contributed by atoms with Crippen LogP contribution in [0.15, 0.2) is 18.2 Å². The number of carboxylic acid groups (broad SMARTS) is 1. The van der Waals surface area contributed by atoms with Gasteiger partial charge in [0.25, 0.3) is 0 Å². The molecule has 2 N–H and O–H groups in total. The Morgan fingerprint density at radius 1 is 1.25 bits per heavy atom. The quantitative estimate of drug-likeness (QED) is 0.773. The monoisotopic (exact) mass is 277 g/mol. The highest BCUT2D eigenvalue weighted by atomic mass is 16.5. The molecule has 0 heterocycles. The molecular weight excluding hydrogens is 258 g/mol. The molecule has 0 aromatic heterocycles. The number of carbonyl (C=O) groups excluding carboxylic acids is 1. The number of nitrogens with one attached hydrogen (secondary N) is 1. The number of rotatable bonds is 6. The molecule has 0 saturated heterocycles. The Bertz CT molecular complexity index is 506. The van der Waals surface area contributed by atoms with E-state index in [4.69, 9.17) is 9.84 Å². The smallest absolute Gasteiger partial charge is 0.307 e. The molecule has 0 bridgehead atoms. The molecule has 5 nitrogen and oxygen atoms in total. The zero-order chi connectivity index (χ0) is 14.7. The number of ether oxygens (including phenoxy) is 1. The van der Waals surface area contributed by atoms with Crippen molar-refractivity contribution in [2.45, 2.75) is 20.3 Å². The normalized spacial score (nSPS) is 20.3. The first-order chi connectivity index (χ1) is 9.47. The third-order valence-electron chi connectivity index (χ3n) is 3.31. The summed E-state index contributed by atoms with van der Waals surface area (Å²) < 4.78 is 5.56. The summed E-state index contributed by atoms with van der Waals surface area (Å²) in [6, 6.07) is 5.94. The Labute approximate surface area is 117 Å². The lowest BCUT2D eigenvalue weighted by atomic mass is 10.1. The van der Waals surface area contributed by atoms with Crippen LogP contribution in [0, 0.1) is 25.7 Å². The van der Waals surface area contributed by atoms with E-state index in [1.165, 1.54) is 0 Å². The molecule has 1 aliphatic rings. The Morgan fingerprint density at radius 3 is 2.45 bits per heavy atom. The van der Waals surface area contributed by atoms with E-state index < -0.39 is 11.9 Å². The summed E-state index contributed by atoms with van der Waals surface area (Å²) in [5.74, 6) is -1.17. The minimum atomic E-state index is -0.892. The minimum Gasteiger partial charge on any atom is -0.492 e. The summed E-state index contributed by atoms with van der Waals surface area (Å²) in [6.45, 7) is 4.76. The van der Waals surface area contributed by atoms with Crippen molar-refractivity contribution in [3.63, 3.8) is 0 Å². The average Bonchev–Trinajstić information content (AvgIpc) is 3.13. The van der Waals surface area contributed by atoms with Gasteiger partial charge in [-0.25, -0.2) is 0 Å². The van der Waals surface area contributed by atoms with Crippen LogP contribution in [-0.4, -0.2) is 30.1 Å². The predicted octanol–water partition coefficient (Wildman–Crippen LogP) is 1.52. The van der Waals surface area contributed by atoms with Gasteiger partial charge < -0.3 is 15.2 Å². The number of hydrogen-bond acceptors (Lipinski definition) is 3. The zero-order valence-corrected chi connectivity index (χ0v) is 11.7. The number of amides is 1. The summed E-state index contributed by atoms with van der Waals surface area (Å²) in [5, 5.41) is 11.4. The molecule has 20 heavy (non-hydrogen) atoms. The van der Waals surface area contributed by atoms with Crippen molar-refractivity contribution in [1.29, 1.82) is 0 Å². The molecule has 108 valence electrons. The van der Waals surface area contributed by atoms with E-state index >= 15 is 0 Å². The van der Waals surface area contributed by atoms with Crippen LogP contribution in [0.4, 0.5) is 0 Å². The first-order valence-corrected chi connectivity index (χ1v) is 6.69. The van der Waals surface area contributed by atoms with Crippen LogP contribution in [0.1, 0.15) is 17.5 Å². The van der Waals surface area contributed by atoms with Crippen LogP contribution in [0.25, 0.3) is 0 Å². The van der Waals surface area contributed by atoms with E-state index in [-0.39, 0.29) is 11.8 Å². The molecule has 2 atom stereocenters. The number of carbonyl (C=O) groups is 2. The minimum absolute atomic E-state index is 0.193. The lowest BCUT2D eigenvalue weighted by Gasteiger charge is -2.09. The standard InChI is InChI=1S/C15H19NO4/c1-9-5-10(2)7-11(6-9)20-4-3-16-14(17)12-8-13(12)15(18)19/h5-7,12-13H,3-4,8H2,1-2H3,(H,16,17)(H,18,19). The molecule has 1 amide bonds. The molecule has 1 aromatic rings. The van der Waals surface area contributed by atoms with E-state index in [1.54, 1.807) is 0 Å². The van der Waals surface area contributed by atoms with Crippen LogP contribution in [0.3, 0.4) is 0 Å². The van der Waals surface area contributed by atoms with Gasteiger partial charge in [-0.2, -0.15) is 0 Å². The molecule has 1 aromatic carbocycles. The van der Waals surface area contributed by atoms with E-state index in [2.05, 4.69) is 11.4 Å². The van der Waals surface area contributed by atoms with Crippen molar-refractivity contribution in [3.8, 4) is 5.75 Å². The third-order valence-corrected chi connectivity index (χ3v) is 3.31. The Morgan fingerprint density at radius 2 is 1.90 bits per heavy atom. The van der Waals surface area contributed by atoms with E-state index in [1.807, 2.05) is 26.0 Å². The van der Waals surface area contributed by atoms with Crippen molar-refractivity contribution in [2.75, 3.05) is 13.2 Å². The summed E-state index contributed by atoms with van der Waals surface area (Å²) in [5.41, 5.74) is 2.26. The van der Waals surface area contributed by atoms with Crippen molar-refractivity contribution in [3.05, 3.63) is 29.3 Å². The summed E-state index contributed by atoms with van der Waals surface area (Å²) in [7, 11) is 0. The highest BCUT2D eigenvalue weighted by molar-refractivity contribution is 5.89. The maximum atomic E-state index is 11.6. The molecule has 5 heteroatoms. The topological polar surface area (TPSA) is 75.6 Å². The molecule has 1 fully saturated rings. The number of aryl methyl sites for hydroxylation is 2. The lowest BCUT2D eigenvalue weighted by Crippen LogP contribution is -2.30. The van der Waals surface area contributed by atoms with Crippen molar-refractivity contribution >= 4 is 11.9 Å². The fourth-order valence-electron chi connectivity index (χ4n) is 2.25. The predicted molar refractivity (Wildman–Crippen MR) is 73.7 cm³/mol. The number of benzene rings is 1. The molecule has 1 aliphatic carbocycles. The van der Waals surface area contributed by atoms with Crippen LogP contribution in [0.2, 0.25) is 0 Å². The van der Waals surface area contributed by atoms with Crippen LogP contribution in [-0.2, 0) is 9.59 Å². The van der Waals surface area contributed by atoms with Crippen molar-refractivity contribution in [2.24, 2.45) is 11.8 Å². The lowest BCUT2D eigenvalue weighted by molar-refractivity contribution is -0.140. The first kappa shape index (κ1) is 14.4. The summed E-state index contributed by atoms with van der Waals surface area (Å²) in [6.07, 6.45) is 0.444. The molecule has 2 unspecified atom stereocenters. The van der Waals surface area contributed by atoms with Crippen LogP contribution >= 0.6 is 0 Å². The fraction of sp³-hybridized carbons (Fsp3) is 0.467. The van der Waals surface area contributed by atoms with Crippen LogP contribution < -0.4 is 10.1 Å². The highest BCUT2D eigenvalue weighted by Crippen LogP contribution is 2.38. The largest absolute Gasteiger partial charge is 0.492 e. The number of carboxylic acids is 1. The van der Waals surface area contributed by atoms with Gasteiger partial charge in [-0.05, 0) is 43.5 Å². The molecule has 0 radical (unpaired) electrons. The molecule has 0 spiro atoms. The van der Waals surface area contributed by atoms with Crippen LogP contribution in [0.5, 0.6) is 5.75 Å². The second-order valence-corrected chi connectivity index (χ2v) is 5.25. The maximum absolute atomic E-state index is 11.6. The van der Waals surface area contributed by atoms with Gasteiger partial charge in [-0.15, -0.1) is 0 Å². The molecular formula is C15H19NO4. The highest BCUT2D eigenvalue weighted by Gasteiger charge is 2.48. The van der Waals surface area contributed by atoms with Crippen molar-refractivity contribution < 1.29 is 19.4 Å². The average molecular weight is 277 g/mol.